The maximum Gasteiger partial charge on any atom is 0.0578 e. The lowest BCUT2D eigenvalue weighted by molar-refractivity contribution is 0.0609. The minimum Gasteiger partial charge on any atom is -0.382 e. The molecule has 1 N–H and O–H groups in total. The largest absolute Gasteiger partial charge is 0.382 e. The predicted octanol–water partition coefficient (Wildman–Crippen LogP) is 6.40. The number of likely N-dealkylation sites (tertiary alicyclic amines) is 1. The molecular weight excluding hydrogens is 376 g/mol. The first kappa shape index (κ1) is 20.6. The van der Waals surface area contributed by atoms with Crippen molar-refractivity contribution >= 4 is 16.8 Å². The third-order valence-electron chi connectivity index (χ3n) is 8.06. The molecule has 5 rings (SSSR count). The first-order valence-corrected chi connectivity index (χ1v) is 12.0. The van der Waals surface area contributed by atoms with Crippen LogP contribution in [0.15, 0.2) is 60.8 Å². The molecule has 1 saturated heterocycles. The lowest BCUT2D eigenvalue weighted by Crippen LogP contribution is -2.53. The van der Waals surface area contributed by atoms with Crippen molar-refractivity contribution in [3.8, 4) is 0 Å². The van der Waals surface area contributed by atoms with Crippen LogP contribution in [-0.2, 0) is 6.42 Å². The van der Waals surface area contributed by atoms with Crippen LogP contribution in [0.2, 0.25) is 0 Å². The van der Waals surface area contributed by atoms with E-state index >= 15 is 0 Å². The van der Waals surface area contributed by atoms with E-state index in [1.165, 1.54) is 84.8 Å². The van der Waals surface area contributed by atoms with Crippen molar-refractivity contribution in [2.75, 3.05) is 19.6 Å². The molecule has 0 atom stereocenters. The van der Waals surface area contributed by atoms with Crippen molar-refractivity contribution in [1.82, 2.24) is 10.2 Å². The van der Waals surface area contributed by atoms with E-state index in [2.05, 4.69) is 79.3 Å². The normalized spacial score (nSPS) is 22.1. The van der Waals surface area contributed by atoms with Gasteiger partial charge in [-0.25, -0.2) is 0 Å². The van der Waals surface area contributed by atoms with E-state index in [1.807, 2.05) is 6.08 Å². The van der Waals surface area contributed by atoms with Gasteiger partial charge in [0.15, 0.2) is 0 Å². The molecule has 2 fully saturated rings. The first-order valence-electron chi connectivity index (χ1n) is 12.0. The van der Waals surface area contributed by atoms with E-state index in [0.29, 0.717) is 5.41 Å². The Morgan fingerprint density at radius 2 is 1.90 bits per heavy atom. The summed E-state index contributed by atoms with van der Waals surface area (Å²) in [4.78, 5) is 2.70. The molecule has 0 amide bonds. The molecule has 0 aromatic heterocycles. The zero-order valence-corrected chi connectivity index (χ0v) is 19.2. The Morgan fingerprint density at radius 3 is 2.55 bits per heavy atom. The van der Waals surface area contributed by atoms with E-state index < -0.39 is 0 Å². The van der Waals surface area contributed by atoms with E-state index in [4.69, 9.17) is 0 Å². The molecule has 2 heterocycles. The van der Waals surface area contributed by atoms with Crippen molar-refractivity contribution in [2.24, 2.45) is 5.41 Å². The van der Waals surface area contributed by atoms with Crippen molar-refractivity contribution in [3.63, 3.8) is 0 Å². The third kappa shape index (κ3) is 3.99. The van der Waals surface area contributed by atoms with Crippen LogP contribution in [-0.4, -0.2) is 30.1 Å². The van der Waals surface area contributed by atoms with Gasteiger partial charge in [-0.15, -0.1) is 0 Å². The van der Waals surface area contributed by atoms with Gasteiger partial charge in [0.05, 0.1) is 5.54 Å². The molecule has 2 aliphatic heterocycles. The number of aryl methyl sites for hydroxylation is 1. The Labute approximate surface area is 187 Å². The number of hydrogen-bond acceptors (Lipinski definition) is 2. The molecule has 3 aliphatic rings. The lowest BCUT2D eigenvalue weighted by Gasteiger charge is -2.47. The molecule has 1 saturated carbocycles. The fraction of sp³-hybridized carbons (Fsp3) is 0.448. The van der Waals surface area contributed by atoms with Crippen LogP contribution in [0.4, 0.5) is 0 Å². The average Bonchev–Trinajstić information content (AvgIpc) is 2.77. The van der Waals surface area contributed by atoms with E-state index in [1.54, 1.807) is 0 Å². The number of dihydropyridines is 1. The predicted molar refractivity (Wildman–Crippen MR) is 133 cm³/mol. The summed E-state index contributed by atoms with van der Waals surface area (Å²) in [6.07, 6.45) is 16.7. The second kappa shape index (κ2) is 7.98. The monoisotopic (exact) mass is 412 g/mol. The van der Waals surface area contributed by atoms with Gasteiger partial charge in [0, 0.05) is 25.8 Å². The van der Waals surface area contributed by atoms with Crippen molar-refractivity contribution in [1.29, 1.82) is 0 Å². The molecule has 0 unspecified atom stereocenters. The number of fused-ring (bicyclic) bond motifs is 1. The second-order valence-electron chi connectivity index (χ2n) is 10.5. The number of rotatable bonds is 5. The van der Waals surface area contributed by atoms with E-state index in [9.17, 15) is 0 Å². The minimum atomic E-state index is 0.159. The zero-order chi connectivity index (χ0) is 21.5. The highest BCUT2D eigenvalue weighted by Crippen LogP contribution is 2.42. The third-order valence-corrected chi connectivity index (χ3v) is 8.06. The molecule has 2 aromatic rings. The summed E-state index contributed by atoms with van der Waals surface area (Å²) in [5.74, 6) is 0. The quantitative estimate of drug-likeness (QED) is 0.611. The molecule has 2 heteroatoms. The van der Waals surface area contributed by atoms with Crippen LogP contribution < -0.4 is 5.32 Å². The SMILES string of the molecule is C=Cc1cccc2c(CC3=CNC4(C=C3)CCN(CC3(C)CCC3)CC4)ccc(C)c12. The van der Waals surface area contributed by atoms with Gasteiger partial charge in [-0.1, -0.05) is 68.5 Å². The Bertz CT molecular complexity index is 1050. The fourth-order valence-corrected chi connectivity index (χ4v) is 5.83. The summed E-state index contributed by atoms with van der Waals surface area (Å²) in [6, 6.07) is 11.1. The van der Waals surface area contributed by atoms with Gasteiger partial charge in [-0.3, -0.25) is 0 Å². The molecule has 0 radical (unpaired) electrons. The summed E-state index contributed by atoms with van der Waals surface area (Å²) in [5, 5.41) is 6.50. The maximum atomic E-state index is 4.01. The second-order valence-corrected chi connectivity index (χ2v) is 10.5. The standard InChI is InChI=1S/C29H36N2/c1-4-24-7-5-8-26-25(10-9-22(2)27(24)26)19-23-11-14-29(30-20-23)15-17-31(18-16-29)21-28(3)12-6-13-28/h4-5,7-11,14,20,30H,1,6,12-13,15-19,21H2,2-3H3. The fourth-order valence-electron chi connectivity index (χ4n) is 5.83. The first-order chi connectivity index (χ1) is 15.0. The summed E-state index contributed by atoms with van der Waals surface area (Å²) in [6.45, 7) is 12.4. The molecular formula is C29H36N2. The Kier molecular flexibility index (Phi) is 5.30. The van der Waals surface area contributed by atoms with Crippen LogP contribution in [0.3, 0.4) is 0 Å². The van der Waals surface area contributed by atoms with Gasteiger partial charge in [0.2, 0.25) is 0 Å². The number of piperidine rings is 1. The highest BCUT2D eigenvalue weighted by molar-refractivity contribution is 5.95. The van der Waals surface area contributed by atoms with Gasteiger partial charge >= 0.3 is 0 Å². The van der Waals surface area contributed by atoms with Crippen LogP contribution in [0, 0.1) is 12.3 Å². The summed E-state index contributed by atoms with van der Waals surface area (Å²) >= 11 is 0. The van der Waals surface area contributed by atoms with Gasteiger partial charge < -0.3 is 10.2 Å². The number of hydrogen-bond donors (Lipinski definition) is 1. The molecule has 0 bridgehead atoms. The van der Waals surface area contributed by atoms with Crippen molar-refractivity contribution in [2.45, 2.75) is 57.9 Å². The van der Waals surface area contributed by atoms with Crippen LogP contribution >= 0.6 is 0 Å². The number of benzene rings is 2. The average molecular weight is 413 g/mol. The number of nitrogens with zero attached hydrogens (tertiary/aromatic N) is 1. The van der Waals surface area contributed by atoms with E-state index in [-0.39, 0.29) is 5.54 Å². The van der Waals surface area contributed by atoms with Gasteiger partial charge in [0.25, 0.3) is 0 Å². The molecule has 2 nitrogen and oxygen atoms in total. The Hall–Kier alpha value is -2.32. The molecule has 1 aliphatic carbocycles. The number of nitrogens with one attached hydrogen (secondary N) is 1. The molecule has 1 spiro atoms. The van der Waals surface area contributed by atoms with Gasteiger partial charge in [-0.2, -0.15) is 0 Å². The lowest BCUT2D eigenvalue weighted by atomic mass is 9.70. The maximum absolute atomic E-state index is 4.01. The number of allylic oxidation sites excluding steroid dienone is 2. The van der Waals surface area contributed by atoms with E-state index in [0.717, 1.165) is 6.42 Å². The summed E-state index contributed by atoms with van der Waals surface area (Å²) < 4.78 is 0. The molecule has 162 valence electrons. The zero-order valence-electron chi connectivity index (χ0n) is 19.2. The molecule has 31 heavy (non-hydrogen) atoms. The van der Waals surface area contributed by atoms with Gasteiger partial charge in [-0.05, 0) is 77.5 Å². The highest BCUT2D eigenvalue weighted by atomic mass is 15.2. The van der Waals surface area contributed by atoms with Gasteiger partial charge in [0.1, 0.15) is 0 Å². The van der Waals surface area contributed by atoms with Crippen molar-refractivity contribution < 1.29 is 0 Å². The Morgan fingerprint density at radius 1 is 1.10 bits per heavy atom. The topological polar surface area (TPSA) is 15.3 Å². The van der Waals surface area contributed by atoms with Crippen LogP contribution in [0.1, 0.15) is 55.7 Å². The summed E-state index contributed by atoms with van der Waals surface area (Å²) in [5.41, 5.74) is 6.05. The van der Waals surface area contributed by atoms with Crippen LogP contribution in [0.25, 0.3) is 16.8 Å². The summed E-state index contributed by atoms with van der Waals surface area (Å²) in [7, 11) is 0. The van der Waals surface area contributed by atoms with Crippen LogP contribution in [0.5, 0.6) is 0 Å². The Balaban J connectivity index is 1.26. The highest BCUT2D eigenvalue weighted by Gasteiger charge is 2.37. The smallest absolute Gasteiger partial charge is 0.0578 e. The van der Waals surface area contributed by atoms with Crippen molar-refractivity contribution in [3.05, 3.63) is 77.5 Å². The molecule has 2 aromatic carbocycles. The minimum absolute atomic E-state index is 0.159.